The summed E-state index contributed by atoms with van der Waals surface area (Å²) in [6, 6.07) is 4.44. The maximum Gasteiger partial charge on any atom is 0.527 e. The largest absolute Gasteiger partial charge is 0.527 e. The first-order chi connectivity index (χ1) is 7.29. The molecule has 0 aliphatic carbocycles. The van der Waals surface area contributed by atoms with Gasteiger partial charge in [-0.1, -0.05) is 0 Å². The van der Waals surface area contributed by atoms with E-state index in [1.165, 1.54) is 0 Å². The van der Waals surface area contributed by atoms with Gasteiger partial charge >= 0.3 is 19.8 Å². The SMILES string of the molecule is O=C(O)c1ccc(C(=O)OP(=O)(O)O)cc1. The maximum absolute atomic E-state index is 11.1. The Hall–Kier alpha value is -1.69. The number of hydrogen-bond acceptors (Lipinski definition) is 4. The summed E-state index contributed by atoms with van der Waals surface area (Å²) < 4.78 is 14.2. The summed E-state index contributed by atoms with van der Waals surface area (Å²) in [5.74, 6) is -2.39. The van der Waals surface area contributed by atoms with E-state index in [4.69, 9.17) is 14.9 Å². The lowest BCUT2D eigenvalue weighted by molar-refractivity contribution is 0.0667. The molecule has 8 heteroatoms. The number of rotatable bonds is 3. The van der Waals surface area contributed by atoms with Crippen molar-refractivity contribution in [2.24, 2.45) is 0 Å². The van der Waals surface area contributed by atoms with E-state index >= 15 is 0 Å². The molecule has 0 aromatic heterocycles. The first-order valence-electron chi connectivity index (χ1n) is 3.92. The average molecular weight is 246 g/mol. The number of benzene rings is 1. The molecule has 0 radical (unpaired) electrons. The summed E-state index contributed by atoms with van der Waals surface area (Å²) >= 11 is 0. The highest BCUT2D eigenvalue weighted by molar-refractivity contribution is 7.46. The highest BCUT2D eigenvalue weighted by Crippen LogP contribution is 2.36. The van der Waals surface area contributed by atoms with Crippen molar-refractivity contribution in [2.75, 3.05) is 0 Å². The smallest absolute Gasteiger partial charge is 0.478 e. The lowest BCUT2D eigenvalue weighted by Crippen LogP contribution is -2.04. The number of carboxylic acid groups (broad SMARTS) is 1. The van der Waals surface area contributed by atoms with Gasteiger partial charge in [0.05, 0.1) is 11.1 Å². The molecule has 7 nitrogen and oxygen atoms in total. The summed E-state index contributed by atoms with van der Waals surface area (Å²) in [5, 5.41) is 8.56. The Morgan fingerprint density at radius 2 is 1.50 bits per heavy atom. The minimum atomic E-state index is -4.88. The van der Waals surface area contributed by atoms with E-state index in [1.54, 1.807) is 0 Å². The molecule has 0 unspecified atom stereocenters. The fourth-order valence-corrected chi connectivity index (χ4v) is 1.23. The number of carbonyl (C=O) groups excluding carboxylic acids is 1. The van der Waals surface area contributed by atoms with Crippen molar-refractivity contribution in [2.45, 2.75) is 0 Å². The van der Waals surface area contributed by atoms with Crippen LogP contribution in [0.3, 0.4) is 0 Å². The first kappa shape index (κ1) is 12.4. The summed E-state index contributed by atoms with van der Waals surface area (Å²) in [5.41, 5.74) is -0.193. The van der Waals surface area contributed by atoms with Gasteiger partial charge in [0.1, 0.15) is 0 Å². The van der Waals surface area contributed by atoms with Crippen molar-refractivity contribution < 1.29 is 33.6 Å². The lowest BCUT2D eigenvalue weighted by atomic mass is 10.1. The van der Waals surface area contributed by atoms with Crippen LogP contribution in [0.2, 0.25) is 0 Å². The Balaban J connectivity index is 2.86. The van der Waals surface area contributed by atoms with E-state index in [0.29, 0.717) is 0 Å². The van der Waals surface area contributed by atoms with E-state index in [0.717, 1.165) is 24.3 Å². The van der Waals surface area contributed by atoms with Crippen LogP contribution in [0.5, 0.6) is 0 Å². The predicted molar refractivity (Wildman–Crippen MR) is 50.9 cm³/mol. The number of aromatic carboxylic acids is 1. The van der Waals surface area contributed by atoms with Gasteiger partial charge in [-0.3, -0.25) is 9.79 Å². The Bertz CT molecular complexity index is 458. The quantitative estimate of drug-likeness (QED) is 0.668. The second kappa shape index (κ2) is 4.44. The lowest BCUT2D eigenvalue weighted by Gasteiger charge is -2.04. The van der Waals surface area contributed by atoms with Crippen molar-refractivity contribution in [3.05, 3.63) is 35.4 Å². The van der Waals surface area contributed by atoms with Crippen LogP contribution in [-0.2, 0) is 9.09 Å². The molecule has 0 atom stereocenters. The zero-order valence-corrected chi connectivity index (χ0v) is 8.63. The highest BCUT2D eigenvalue weighted by atomic mass is 31.2. The minimum Gasteiger partial charge on any atom is -0.478 e. The minimum absolute atomic E-state index is 0.0484. The number of phosphoric acid groups is 1. The second-order valence-electron chi connectivity index (χ2n) is 2.75. The average Bonchev–Trinajstić information content (AvgIpc) is 2.15. The number of hydrogen-bond donors (Lipinski definition) is 3. The first-order valence-corrected chi connectivity index (χ1v) is 5.45. The zero-order valence-electron chi connectivity index (χ0n) is 7.73. The van der Waals surface area contributed by atoms with Crippen molar-refractivity contribution in [3.63, 3.8) is 0 Å². The third kappa shape index (κ3) is 3.47. The molecule has 0 heterocycles. The third-order valence-corrected chi connectivity index (χ3v) is 1.97. The van der Waals surface area contributed by atoms with E-state index in [1.807, 2.05) is 0 Å². The molecule has 16 heavy (non-hydrogen) atoms. The molecule has 86 valence electrons. The number of phosphoric ester groups is 1. The van der Waals surface area contributed by atoms with E-state index in [2.05, 4.69) is 4.52 Å². The Labute approximate surface area is 89.5 Å². The molecule has 0 saturated heterocycles. The highest BCUT2D eigenvalue weighted by Gasteiger charge is 2.21. The molecule has 0 spiro atoms. The molecule has 1 aromatic rings. The van der Waals surface area contributed by atoms with Crippen molar-refractivity contribution in [1.82, 2.24) is 0 Å². The second-order valence-corrected chi connectivity index (χ2v) is 3.92. The van der Waals surface area contributed by atoms with Gasteiger partial charge in [-0.15, -0.1) is 0 Å². The van der Waals surface area contributed by atoms with Gasteiger partial charge in [0.25, 0.3) is 0 Å². The fourth-order valence-electron chi connectivity index (χ4n) is 0.910. The summed E-state index contributed by atoms with van der Waals surface area (Å²) in [6.07, 6.45) is 0. The van der Waals surface area contributed by atoms with Gasteiger partial charge in [0.2, 0.25) is 0 Å². The van der Waals surface area contributed by atoms with Crippen LogP contribution >= 0.6 is 7.82 Å². The molecule has 0 aliphatic rings. The zero-order chi connectivity index (χ0) is 12.3. The predicted octanol–water partition coefficient (Wildman–Crippen LogP) is 0.634. The van der Waals surface area contributed by atoms with Gasteiger partial charge in [-0.05, 0) is 24.3 Å². The van der Waals surface area contributed by atoms with Crippen molar-refractivity contribution in [3.8, 4) is 0 Å². The molecular formula is C8H7O7P. The summed E-state index contributed by atoms with van der Waals surface area (Å²) in [7, 11) is -4.88. The molecular weight excluding hydrogens is 239 g/mol. The standard InChI is InChI=1S/C8H7O7P/c9-7(10)5-1-3-6(4-2-5)8(11)15-16(12,13)14/h1-4H,(H,9,10)(H2,12,13,14). The third-order valence-electron chi connectivity index (χ3n) is 1.57. The summed E-state index contributed by atoms with van der Waals surface area (Å²) in [4.78, 5) is 38.3. The molecule has 0 amide bonds. The monoisotopic (exact) mass is 246 g/mol. The maximum atomic E-state index is 11.1. The molecule has 0 bridgehead atoms. The van der Waals surface area contributed by atoms with Crippen LogP contribution in [0.4, 0.5) is 0 Å². The van der Waals surface area contributed by atoms with Gasteiger partial charge in [0.15, 0.2) is 0 Å². The van der Waals surface area contributed by atoms with E-state index in [9.17, 15) is 14.2 Å². The molecule has 0 fully saturated rings. The van der Waals surface area contributed by atoms with Gasteiger partial charge < -0.3 is 9.63 Å². The molecule has 0 saturated carbocycles. The van der Waals surface area contributed by atoms with Crippen LogP contribution in [0.15, 0.2) is 24.3 Å². The number of carboxylic acids is 1. The normalized spacial score (nSPS) is 10.9. The Morgan fingerprint density at radius 1 is 1.06 bits per heavy atom. The van der Waals surface area contributed by atoms with Gasteiger partial charge in [-0.25, -0.2) is 14.2 Å². The molecule has 1 rings (SSSR count). The van der Waals surface area contributed by atoms with Gasteiger partial charge in [0, 0.05) is 0 Å². The van der Waals surface area contributed by atoms with Crippen molar-refractivity contribution >= 4 is 19.8 Å². The van der Waals surface area contributed by atoms with Crippen LogP contribution in [-0.4, -0.2) is 26.8 Å². The van der Waals surface area contributed by atoms with Crippen LogP contribution in [0, 0.1) is 0 Å². The van der Waals surface area contributed by atoms with Crippen LogP contribution < -0.4 is 0 Å². The van der Waals surface area contributed by atoms with Crippen molar-refractivity contribution in [1.29, 1.82) is 0 Å². The summed E-state index contributed by atoms with van der Waals surface area (Å²) in [6.45, 7) is 0. The molecule has 3 N–H and O–H groups in total. The Kier molecular flexibility index (Phi) is 3.44. The van der Waals surface area contributed by atoms with E-state index < -0.39 is 19.8 Å². The Morgan fingerprint density at radius 3 is 1.88 bits per heavy atom. The molecule has 1 aromatic carbocycles. The molecule has 0 aliphatic heterocycles. The fraction of sp³-hybridized carbons (Fsp3) is 0. The number of carbonyl (C=O) groups is 2. The van der Waals surface area contributed by atoms with Crippen LogP contribution in [0.25, 0.3) is 0 Å². The van der Waals surface area contributed by atoms with Gasteiger partial charge in [-0.2, -0.15) is 0 Å². The van der Waals surface area contributed by atoms with E-state index in [-0.39, 0.29) is 11.1 Å². The topological polar surface area (TPSA) is 121 Å². The van der Waals surface area contributed by atoms with Crippen LogP contribution in [0.1, 0.15) is 20.7 Å².